The third-order valence-corrected chi connectivity index (χ3v) is 2.75. The van der Waals surface area contributed by atoms with Crippen LogP contribution in [0.25, 0.3) is 10.9 Å². The van der Waals surface area contributed by atoms with Crippen molar-refractivity contribution < 1.29 is 4.74 Å². The van der Waals surface area contributed by atoms with E-state index >= 15 is 0 Å². The normalized spacial score (nSPS) is 10.6. The van der Waals surface area contributed by atoms with Gasteiger partial charge in [-0.1, -0.05) is 11.6 Å². The number of nitrogen functional groups attached to an aromatic ring is 1. The number of hydrogen-bond donors (Lipinski definition) is 1. The minimum Gasteiger partial charge on any atom is -0.424 e. The summed E-state index contributed by atoms with van der Waals surface area (Å²) in [5.41, 5.74) is 7.16. The molecule has 0 aliphatic rings. The molecule has 0 atom stereocenters. The van der Waals surface area contributed by atoms with Gasteiger partial charge in [0.1, 0.15) is 5.75 Å². The first-order valence-corrected chi connectivity index (χ1v) is 5.90. The molecule has 19 heavy (non-hydrogen) atoms. The fourth-order valence-corrected chi connectivity index (χ4v) is 1.81. The van der Waals surface area contributed by atoms with Gasteiger partial charge in [-0.15, -0.1) is 0 Å². The predicted octanol–water partition coefficient (Wildman–Crippen LogP) is 3.05. The molecule has 0 saturated carbocycles. The van der Waals surface area contributed by atoms with E-state index in [1.165, 1.54) is 12.4 Å². The van der Waals surface area contributed by atoms with Gasteiger partial charge in [-0.3, -0.25) is 4.98 Å². The number of nitrogens with zero attached hydrogens (tertiary/aromatic N) is 3. The Labute approximate surface area is 114 Å². The van der Waals surface area contributed by atoms with E-state index < -0.39 is 0 Å². The number of pyridine rings is 1. The highest BCUT2D eigenvalue weighted by Gasteiger charge is 2.08. The number of aromatic nitrogens is 3. The Morgan fingerprint density at radius 2 is 1.84 bits per heavy atom. The first kappa shape index (κ1) is 11.7. The topological polar surface area (TPSA) is 73.9 Å². The van der Waals surface area contributed by atoms with Crippen LogP contribution in [0.5, 0.6) is 11.8 Å². The van der Waals surface area contributed by atoms with Crippen molar-refractivity contribution in [3.8, 4) is 11.8 Å². The lowest BCUT2D eigenvalue weighted by molar-refractivity contribution is 0.446. The van der Waals surface area contributed by atoms with E-state index in [2.05, 4.69) is 15.0 Å². The van der Waals surface area contributed by atoms with Crippen molar-refractivity contribution in [2.45, 2.75) is 0 Å². The number of nitrogens with two attached hydrogens (primary N) is 1. The molecular formula is C13H9ClN4O. The number of hydrogen-bond acceptors (Lipinski definition) is 5. The summed E-state index contributed by atoms with van der Waals surface area (Å²) in [6.45, 7) is 0. The van der Waals surface area contributed by atoms with Gasteiger partial charge in [0.25, 0.3) is 0 Å². The zero-order valence-electron chi connectivity index (χ0n) is 9.75. The summed E-state index contributed by atoms with van der Waals surface area (Å²) in [6.07, 6.45) is 4.63. The van der Waals surface area contributed by atoms with Crippen LogP contribution in [-0.2, 0) is 0 Å². The smallest absolute Gasteiger partial charge is 0.321 e. The van der Waals surface area contributed by atoms with Crippen LogP contribution >= 0.6 is 11.6 Å². The van der Waals surface area contributed by atoms with Crippen LogP contribution in [0, 0.1) is 0 Å². The SMILES string of the molecule is Nc1ccc(Oc2ncc(Cl)cn2)c2cccnc12. The number of ether oxygens (including phenoxy) is 1. The summed E-state index contributed by atoms with van der Waals surface area (Å²) in [5.74, 6) is 0.597. The average molecular weight is 273 g/mol. The second-order valence-electron chi connectivity index (χ2n) is 3.84. The van der Waals surface area contributed by atoms with Gasteiger partial charge in [-0.25, -0.2) is 9.97 Å². The Morgan fingerprint density at radius 1 is 1.05 bits per heavy atom. The molecule has 0 amide bonds. The van der Waals surface area contributed by atoms with Gasteiger partial charge < -0.3 is 10.5 Å². The third-order valence-electron chi connectivity index (χ3n) is 2.56. The molecule has 2 aromatic heterocycles. The van der Waals surface area contributed by atoms with Gasteiger partial charge in [0.2, 0.25) is 0 Å². The van der Waals surface area contributed by atoms with Crippen molar-refractivity contribution in [2.24, 2.45) is 0 Å². The van der Waals surface area contributed by atoms with Gasteiger partial charge in [-0.2, -0.15) is 0 Å². The van der Waals surface area contributed by atoms with E-state index in [1.54, 1.807) is 18.3 Å². The van der Waals surface area contributed by atoms with E-state index in [-0.39, 0.29) is 6.01 Å². The van der Waals surface area contributed by atoms with E-state index in [0.717, 1.165) is 5.39 Å². The van der Waals surface area contributed by atoms with Crippen molar-refractivity contribution in [2.75, 3.05) is 5.73 Å². The molecule has 3 rings (SSSR count). The fourth-order valence-electron chi connectivity index (χ4n) is 1.71. The zero-order valence-corrected chi connectivity index (χ0v) is 10.5. The van der Waals surface area contributed by atoms with E-state index in [1.807, 2.05) is 12.1 Å². The summed E-state index contributed by atoms with van der Waals surface area (Å²) < 4.78 is 5.63. The van der Waals surface area contributed by atoms with Crippen LogP contribution in [-0.4, -0.2) is 15.0 Å². The highest BCUT2D eigenvalue weighted by atomic mass is 35.5. The molecule has 0 radical (unpaired) electrons. The van der Waals surface area contributed by atoms with E-state index in [4.69, 9.17) is 22.1 Å². The van der Waals surface area contributed by atoms with Crippen LogP contribution in [0.3, 0.4) is 0 Å². The molecule has 0 unspecified atom stereocenters. The number of rotatable bonds is 2. The Hall–Kier alpha value is -2.40. The molecule has 0 aliphatic heterocycles. The van der Waals surface area contributed by atoms with Crippen molar-refractivity contribution in [1.29, 1.82) is 0 Å². The minimum atomic E-state index is 0.222. The van der Waals surface area contributed by atoms with Crippen LogP contribution in [0.15, 0.2) is 42.9 Å². The van der Waals surface area contributed by atoms with Crippen molar-refractivity contribution >= 4 is 28.2 Å². The van der Waals surface area contributed by atoms with E-state index in [9.17, 15) is 0 Å². The van der Waals surface area contributed by atoms with Gasteiger partial charge in [0.05, 0.1) is 28.6 Å². The first-order valence-electron chi connectivity index (χ1n) is 5.52. The van der Waals surface area contributed by atoms with Crippen molar-refractivity contribution in [1.82, 2.24) is 15.0 Å². The molecule has 2 N–H and O–H groups in total. The number of anilines is 1. The largest absolute Gasteiger partial charge is 0.424 e. The summed E-state index contributed by atoms with van der Waals surface area (Å²) in [6, 6.07) is 7.42. The van der Waals surface area contributed by atoms with Crippen molar-refractivity contribution in [3.05, 3.63) is 47.9 Å². The lowest BCUT2D eigenvalue weighted by atomic mass is 10.2. The summed E-state index contributed by atoms with van der Waals surface area (Å²) in [7, 11) is 0. The molecule has 94 valence electrons. The molecule has 3 aromatic rings. The molecule has 0 spiro atoms. The van der Waals surface area contributed by atoms with Crippen LogP contribution in [0.1, 0.15) is 0 Å². The molecule has 5 nitrogen and oxygen atoms in total. The number of halogens is 1. The van der Waals surface area contributed by atoms with E-state index in [0.29, 0.717) is 22.0 Å². The molecular weight excluding hydrogens is 264 g/mol. The fraction of sp³-hybridized carbons (Fsp3) is 0. The van der Waals surface area contributed by atoms with Crippen molar-refractivity contribution in [3.63, 3.8) is 0 Å². The number of benzene rings is 1. The quantitative estimate of drug-likeness (QED) is 0.726. The molecule has 1 aromatic carbocycles. The lowest BCUT2D eigenvalue weighted by Gasteiger charge is -2.08. The summed E-state index contributed by atoms with van der Waals surface area (Å²) in [4.78, 5) is 12.2. The standard InChI is InChI=1S/C13H9ClN4O/c14-8-6-17-13(18-7-8)19-11-4-3-10(15)12-9(11)2-1-5-16-12/h1-7H,15H2. The highest BCUT2D eigenvalue weighted by molar-refractivity contribution is 6.30. The number of fused-ring (bicyclic) bond motifs is 1. The second kappa shape index (κ2) is 4.70. The minimum absolute atomic E-state index is 0.222. The van der Waals surface area contributed by atoms with Gasteiger partial charge >= 0.3 is 6.01 Å². The molecule has 0 aliphatic carbocycles. The van der Waals surface area contributed by atoms with Gasteiger partial charge in [0, 0.05) is 11.6 Å². The third kappa shape index (κ3) is 2.28. The lowest BCUT2D eigenvalue weighted by Crippen LogP contribution is -1.94. The molecule has 0 bridgehead atoms. The highest BCUT2D eigenvalue weighted by Crippen LogP contribution is 2.30. The second-order valence-corrected chi connectivity index (χ2v) is 4.27. The van der Waals surface area contributed by atoms with Gasteiger partial charge in [0.15, 0.2) is 0 Å². The van der Waals surface area contributed by atoms with Crippen LogP contribution in [0.2, 0.25) is 5.02 Å². The maximum atomic E-state index is 5.87. The average Bonchev–Trinajstić information content (AvgIpc) is 2.45. The molecule has 0 fully saturated rings. The van der Waals surface area contributed by atoms with Gasteiger partial charge in [-0.05, 0) is 24.3 Å². The predicted molar refractivity (Wildman–Crippen MR) is 73.3 cm³/mol. The van der Waals surface area contributed by atoms with Crippen LogP contribution < -0.4 is 10.5 Å². The Kier molecular flexibility index (Phi) is 2.89. The van der Waals surface area contributed by atoms with Crippen LogP contribution in [0.4, 0.5) is 5.69 Å². The monoisotopic (exact) mass is 272 g/mol. The molecule has 2 heterocycles. The summed E-state index contributed by atoms with van der Waals surface area (Å²) in [5, 5.41) is 1.26. The zero-order chi connectivity index (χ0) is 13.2. The maximum absolute atomic E-state index is 5.87. The maximum Gasteiger partial charge on any atom is 0.321 e. The summed E-state index contributed by atoms with van der Waals surface area (Å²) >= 11 is 5.72. The molecule has 6 heteroatoms. The Morgan fingerprint density at radius 3 is 2.63 bits per heavy atom. The first-order chi connectivity index (χ1) is 9.24. The molecule has 0 saturated heterocycles. The Bertz CT molecular complexity index is 730. The Balaban J connectivity index is 2.06.